The van der Waals surface area contributed by atoms with Crippen LogP contribution < -0.4 is 0 Å². The zero-order valence-corrected chi connectivity index (χ0v) is 27.6. The SMILES string of the molecule is C=C1C(=O)[C@]23[C@H](OC(=O)CCCC(=O)OCc4cn(C)c5c4C(=O)C(OC)=CC5=O)[C@H]1CC[C@H]2[C@]12C=CCC(C)(C)[C@H]1[C@H](O)[C@]3(O)OC2. The topological polar surface area (TPSA) is 168 Å². The predicted octanol–water partition coefficient (Wildman–Crippen LogP) is 2.89. The second-order valence-corrected chi connectivity index (χ2v) is 14.9. The number of methoxy groups -OCH3 is 1. The number of aliphatic hydroxyl groups is 2. The Morgan fingerprint density at radius 3 is 2.60 bits per heavy atom. The summed E-state index contributed by atoms with van der Waals surface area (Å²) >= 11 is 0. The molecule has 0 radical (unpaired) electrons. The molecular formula is C36H41NO11. The Kier molecular flexibility index (Phi) is 7.36. The zero-order valence-electron chi connectivity index (χ0n) is 27.6. The molecule has 7 aliphatic rings. The molecule has 5 aliphatic carbocycles. The van der Waals surface area contributed by atoms with Crippen molar-refractivity contribution in [3.63, 3.8) is 0 Å². The molecule has 0 amide bonds. The molecule has 8 atom stereocenters. The number of rotatable bonds is 8. The van der Waals surface area contributed by atoms with Crippen LogP contribution in [0.1, 0.15) is 78.8 Å². The number of ketones is 3. The maximum atomic E-state index is 14.2. The third-order valence-corrected chi connectivity index (χ3v) is 12.1. The molecule has 256 valence electrons. The number of esters is 2. The molecule has 1 aromatic rings. The number of carbonyl (C=O) groups is 5. The lowest BCUT2D eigenvalue weighted by molar-refractivity contribution is -0.436. The molecule has 2 N–H and O–H groups in total. The lowest BCUT2D eigenvalue weighted by Crippen LogP contribution is -2.83. The van der Waals surface area contributed by atoms with Crippen LogP contribution in [-0.4, -0.2) is 75.8 Å². The van der Waals surface area contributed by atoms with Gasteiger partial charge in [-0.2, -0.15) is 0 Å². The minimum absolute atomic E-state index is 0.0770. The highest BCUT2D eigenvalue weighted by atomic mass is 16.6. The first-order chi connectivity index (χ1) is 22.7. The van der Waals surface area contributed by atoms with Crippen molar-refractivity contribution in [1.82, 2.24) is 4.57 Å². The van der Waals surface area contributed by atoms with E-state index in [9.17, 15) is 34.2 Å². The fourth-order valence-corrected chi connectivity index (χ4v) is 10.2. The van der Waals surface area contributed by atoms with E-state index in [1.165, 1.54) is 11.7 Å². The van der Waals surface area contributed by atoms with Crippen LogP contribution in [0.3, 0.4) is 0 Å². The number of hydrogen-bond donors (Lipinski definition) is 2. The van der Waals surface area contributed by atoms with Crippen molar-refractivity contribution in [3.8, 4) is 0 Å². The largest absolute Gasteiger partial charge is 0.492 e. The van der Waals surface area contributed by atoms with Crippen LogP contribution in [0.4, 0.5) is 0 Å². The van der Waals surface area contributed by atoms with Crippen molar-refractivity contribution >= 4 is 29.3 Å². The van der Waals surface area contributed by atoms with E-state index in [4.69, 9.17) is 18.9 Å². The molecule has 2 saturated heterocycles. The van der Waals surface area contributed by atoms with Gasteiger partial charge in [0.1, 0.15) is 29.9 Å². The summed E-state index contributed by atoms with van der Waals surface area (Å²) in [6.07, 6.45) is 5.90. The predicted molar refractivity (Wildman–Crippen MR) is 166 cm³/mol. The number of aryl methyl sites for hydroxylation is 1. The van der Waals surface area contributed by atoms with Crippen LogP contribution in [0, 0.1) is 34.0 Å². The van der Waals surface area contributed by atoms with E-state index in [0.717, 1.165) is 6.08 Å². The number of aliphatic hydroxyl groups excluding tert-OH is 1. The first kappa shape index (κ1) is 32.7. The number of carbonyl (C=O) groups excluding carboxylic acids is 5. The Labute approximate surface area is 277 Å². The molecule has 2 spiro atoms. The van der Waals surface area contributed by atoms with Gasteiger partial charge in [0, 0.05) is 55.0 Å². The van der Waals surface area contributed by atoms with Crippen LogP contribution in [0.2, 0.25) is 0 Å². The molecule has 0 unspecified atom stereocenters. The summed E-state index contributed by atoms with van der Waals surface area (Å²) in [7, 11) is 2.91. The van der Waals surface area contributed by atoms with Crippen LogP contribution >= 0.6 is 0 Å². The van der Waals surface area contributed by atoms with Crippen LogP contribution in [0.5, 0.6) is 0 Å². The number of ether oxygens (including phenoxy) is 4. The summed E-state index contributed by atoms with van der Waals surface area (Å²) in [4.78, 5) is 65.5. The first-order valence-corrected chi connectivity index (χ1v) is 16.5. The molecule has 8 rings (SSSR count). The molecule has 3 saturated carbocycles. The second-order valence-electron chi connectivity index (χ2n) is 14.9. The summed E-state index contributed by atoms with van der Waals surface area (Å²) in [5, 5.41) is 24.1. The highest BCUT2D eigenvalue weighted by molar-refractivity contribution is 6.23. The minimum Gasteiger partial charge on any atom is -0.492 e. The van der Waals surface area contributed by atoms with Crippen molar-refractivity contribution in [2.75, 3.05) is 13.7 Å². The Hall–Kier alpha value is -3.87. The van der Waals surface area contributed by atoms with Crippen LogP contribution in [0.25, 0.3) is 0 Å². The van der Waals surface area contributed by atoms with Crippen molar-refractivity contribution in [2.45, 2.75) is 77.0 Å². The van der Waals surface area contributed by atoms with Gasteiger partial charge in [0.05, 0.1) is 19.3 Å². The standard InChI is InChI=1S/C36H41NO11/c1-18-20-10-11-23-34-13-7-12-33(2,3)29(34)31(43)36(44,47-17-34)35(23,30(18)42)32(20)48-25(40)9-6-8-24(39)46-16-19-15-37(4)27-21(38)14-22(45-5)28(41)26(19)27/h7,13-15,20,23,29,31-32,43-44H,1,6,8-12,16-17H2,2-5H3/t20-,23-,29+,31-,32+,34+,35-,36-/m0/s1. The number of Topliss-reactive ketones (excluding diaryl/α,β-unsaturated/α-hetero) is 2. The van der Waals surface area contributed by atoms with E-state index in [2.05, 4.69) is 26.5 Å². The van der Waals surface area contributed by atoms with Gasteiger partial charge in [-0.15, -0.1) is 0 Å². The normalized spacial score (nSPS) is 37.0. The number of aromatic nitrogens is 1. The Balaban J connectivity index is 1.04. The summed E-state index contributed by atoms with van der Waals surface area (Å²) in [5.41, 5.74) is -1.89. The van der Waals surface area contributed by atoms with E-state index in [1.54, 1.807) is 13.2 Å². The lowest BCUT2D eigenvalue weighted by Gasteiger charge is -2.72. The van der Waals surface area contributed by atoms with Crippen molar-refractivity contribution in [3.05, 3.63) is 59.2 Å². The van der Waals surface area contributed by atoms with Crippen molar-refractivity contribution in [1.29, 1.82) is 0 Å². The van der Waals surface area contributed by atoms with Gasteiger partial charge >= 0.3 is 11.9 Å². The fourth-order valence-electron chi connectivity index (χ4n) is 10.2. The van der Waals surface area contributed by atoms with Gasteiger partial charge in [-0.25, -0.2) is 0 Å². The Morgan fingerprint density at radius 2 is 1.88 bits per heavy atom. The van der Waals surface area contributed by atoms with Crippen LogP contribution in [0.15, 0.2) is 42.3 Å². The molecule has 48 heavy (non-hydrogen) atoms. The van der Waals surface area contributed by atoms with Gasteiger partial charge in [-0.05, 0) is 42.6 Å². The zero-order chi connectivity index (χ0) is 34.6. The molecule has 12 heteroatoms. The number of nitrogens with zero attached hydrogens (tertiary/aromatic N) is 1. The lowest BCUT2D eigenvalue weighted by atomic mass is 9.37. The molecule has 12 nitrogen and oxygen atoms in total. The molecule has 5 fully saturated rings. The monoisotopic (exact) mass is 663 g/mol. The fraction of sp³-hybridized carbons (Fsp3) is 0.583. The molecular weight excluding hydrogens is 622 g/mol. The molecule has 1 aromatic heterocycles. The third-order valence-electron chi connectivity index (χ3n) is 12.1. The number of allylic oxidation sites excluding steroid dienone is 3. The minimum atomic E-state index is -2.26. The van der Waals surface area contributed by atoms with Gasteiger partial charge in [-0.3, -0.25) is 24.0 Å². The summed E-state index contributed by atoms with van der Waals surface area (Å²) in [6.45, 7) is 8.04. The third kappa shape index (κ3) is 4.08. The molecule has 4 bridgehead atoms. The highest BCUT2D eigenvalue weighted by Gasteiger charge is 2.86. The van der Waals surface area contributed by atoms with E-state index < -0.39 is 69.9 Å². The average Bonchev–Trinajstić information content (AvgIpc) is 3.42. The molecule has 2 aliphatic heterocycles. The van der Waals surface area contributed by atoms with Gasteiger partial charge in [-0.1, -0.05) is 32.6 Å². The number of hydrogen-bond acceptors (Lipinski definition) is 11. The van der Waals surface area contributed by atoms with Gasteiger partial charge in [0.15, 0.2) is 11.5 Å². The van der Waals surface area contributed by atoms with E-state index in [-0.39, 0.29) is 66.4 Å². The van der Waals surface area contributed by atoms with E-state index in [0.29, 0.717) is 24.8 Å². The Bertz CT molecular complexity index is 1730. The maximum absolute atomic E-state index is 14.2. The summed E-state index contributed by atoms with van der Waals surface area (Å²) in [6, 6.07) is 0. The highest BCUT2D eigenvalue weighted by Crippen LogP contribution is 2.75. The summed E-state index contributed by atoms with van der Waals surface area (Å²) in [5.74, 6) is -6.28. The maximum Gasteiger partial charge on any atom is 0.306 e. The van der Waals surface area contributed by atoms with E-state index >= 15 is 0 Å². The first-order valence-electron chi connectivity index (χ1n) is 16.5. The van der Waals surface area contributed by atoms with E-state index in [1.807, 2.05) is 6.08 Å². The quantitative estimate of drug-likeness (QED) is 0.238. The smallest absolute Gasteiger partial charge is 0.306 e. The van der Waals surface area contributed by atoms with Crippen molar-refractivity contribution < 1.29 is 53.1 Å². The van der Waals surface area contributed by atoms with Gasteiger partial charge < -0.3 is 33.7 Å². The Morgan fingerprint density at radius 1 is 1.15 bits per heavy atom. The average molecular weight is 664 g/mol. The van der Waals surface area contributed by atoms with Crippen LogP contribution in [-0.2, 0) is 47.0 Å². The van der Waals surface area contributed by atoms with Gasteiger partial charge in [0.2, 0.25) is 17.4 Å². The van der Waals surface area contributed by atoms with Crippen molar-refractivity contribution in [2.24, 2.45) is 41.0 Å². The van der Waals surface area contributed by atoms with Gasteiger partial charge in [0.25, 0.3) is 0 Å². The molecule has 3 heterocycles. The molecule has 0 aromatic carbocycles. The second kappa shape index (κ2) is 10.8. The number of fused-ring (bicyclic) bond motifs is 3. The summed E-state index contributed by atoms with van der Waals surface area (Å²) < 4.78 is 24.1.